The van der Waals surface area contributed by atoms with E-state index in [4.69, 9.17) is 17.3 Å². The van der Waals surface area contributed by atoms with Crippen molar-refractivity contribution in [1.82, 2.24) is 14.8 Å². The van der Waals surface area contributed by atoms with Crippen LogP contribution in [0.15, 0.2) is 18.3 Å². The zero-order valence-corrected chi connectivity index (χ0v) is 15.4. The smallest absolute Gasteiger partial charge is 0.305 e. The monoisotopic (exact) mass is 353 g/mol. The average molecular weight is 353 g/mol. The lowest BCUT2D eigenvalue weighted by atomic mass is 10.1. The molecular formula is C17H27N3O3S. The predicted octanol–water partition coefficient (Wildman–Crippen LogP) is 2.25. The molecule has 1 amide bonds. The number of aromatic nitrogens is 1. The molecule has 0 fully saturated rings. The zero-order chi connectivity index (χ0) is 18.1. The molecule has 1 aromatic heterocycles. The first kappa shape index (κ1) is 20.3. The zero-order valence-electron chi connectivity index (χ0n) is 14.6. The van der Waals surface area contributed by atoms with Gasteiger partial charge in [0.15, 0.2) is 0 Å². The van der Waals surface area contributed by atoms with Gasteiger partial charge in [-0.1, -0.05) is 31.6 Å². The average Bonchev–Trinajstić information content (AvgIpc) is 2.51. The van der Waals surface area contributed by atoms with E-state index >= 15 is 0 Å². The van der Waals surface area contributed by atoms with Crippen LogP contribution in [-0.2, 0) is 16.0 Å². The second-order valence-corrected chi connectivity index (χ2v) is 6.43. The quantitative estimate of drug-likeness (QED) is 0.631. The van der Waals surface area contributed by atoms with Crippen molar-refractivity contribution in [2.75, 3.05) is 27.2 Å². The first-order valence-electron chi connectivity index (χ1n) is 8.21. The second-order valence-electron chi connectivity index (χ2n) is 6.04. The van der Waals surface area contributed by atoms with Crippen LogP contribution in [0.2, 0.25) is 0 Å². The van der Waals surface area contributed by atoms with Gasteiger partial charge in [-0.3, -0.25) is 9.59 Å². The molecule has 1 rings (SSSR count). The summed E-state index contributed by atoms with van der Waals surface area (Å²) in [5.74, 6) is -1.11. The van der Waals surface area contributed by atoms with E-state index in [1.165, 1.54) is 0 Å². The summed E-state index contributed by atoms with van der Waals surface area (Å²) in [6, 6.07) is 3.50. The standard InChI is InChI=1S/C17H27N3O3S/c1-4-6-14(16(23)18-10-8-15(21)22)20-11-5-7-13(17(20)24)9-12-19(2)3/h5,7,11,14H,4,6,8-10,12H2,1-3H3,(H,18,23)(H,21,22). The van der Waals surface area contributed by atoms with E-state index in [1.807, 2.05) is 43.9 Å². The molecule has 0 spiro atoms. The maximum Gasteiger partial charge on any atom is 0.305 e. The Balaban J connectivity index is 2.95. The first-order valence-corrected chi connectivity index (χ1v) is 8.61. The number of aliphatic carboxylic acids is 1. The van der Waals surface area contributed by atoms with Gasteiger partial charge in [0.2, 0.25) is 5.91 Å². The van der Waals surface area contributed by atoms with Crippen LogP contribution in [0, 0.1) is 4.64 Å². The van der Waals surface area contributed by atoms with Gasteiger partial charge in [0.05, 0.1) is 6.42 Å². The van der Waals surface area contributed by atoms with Crippen LogP contribution in [0.3, 0.4) is 0 Å². The van der Waals surface area contributed by atoms with E-state index in [0.717, 1.165) is 24.9 Å². The van der Waals surface area contributed by atoms with Gasteiger partial charge in [-0.15, -0.1) is 0 Å². The van der Waals surface area contributed by atoms with Crippen LogP contribution in [0.1, 0.15) is 37.8 Å². The maximum absolute atomic E-state index is 12.5. The Morgan fingerprint density at radius 2 is 2.12 bits per heavy atom. The van der Waals surface area contributed by atoms with Crippen LogP contribution < -0.4 is 5.32 Å². The Kier molecular flexibility index (Phi) is 8.63. The number of hydrogen-bond acceptors (Lipinski definition) is 4. The molecule has 1 unspecified atom stereocenters. The molecule has 1 heterocycles. The van der Waals surface area contributed by atoms with Crippen molar-refractivity contribution in [2.45, 2.75) is 38.6 Å². The van der Waals surface area contributed by atoms with E-state index in [0.29, 0.717) is 11.1 Å². The molecule has 2 N–H and O–H groups in total. The molecule has 0 bridgehead atoms. The Bertz CT molecular complexity index is 613. The van der Waals surface area contributed by atoms with Gasteiger partial charge in [-0.05, 0) is 38.6 Å². The van der Waals surface area contributed by atoms with E-state index in [1.54, 1.807) is 0 Å². The largest absolute Gasteiger partial charge is 0.481 e. The lowest BCUT2D eigenvalue weighted by Crippen LogP contribution is -2.34. The highest BCUT2D eigenvalue weighted by Gasteiger charge is 2.20. The van der Waals surface area contributed by atoms with Crippen molar-refractivity contribution in [3.63, 3.8) is 0 Å². The first-order chi connectivity index (χ1) is 11.4. The SMILES string of the molecule is CCCC(C(=O)NCCC(=O)O)n1cccc(CCN(C)C)c1=S. The third kappa shape index (κ3) is 6.41. The lowest BCUT2D eigenvalue weighted by molar-refractivity contribution is -0.137. The second kappa shape index (κ2) is 10.2. The molecular weight excluding hydrogens is 326 g/mol. The van der Waals surface area contributed by atoms with Crippen molar-refractivity contribution in [3.8, 4) is 0 Å². The fourth-order valence-corrected chi connectivity index (χ4v) is 2.78. The highest BCUT2D eigenvalue weighted by molar-refractivity contribution is 7.71. The highest BCUT2D eigenvalue weighted by Crippen LogP contribution is 2.17. The Hall–Kier alpha value is -1.73. The third-order valence-corrected chi connectivity index (χ3v) is 4.19. The number of hydrogen-bond donors (Lipinski definition) is 2. The van der Waals surface area contributed by atoms with Crippen molar-refractivity contribution < 1.29 is 14.7 Å². The number of carbonyl (C=O) groups is 2. The minimum Gasteiger partial charge on any atom is -0.481 e. The molecule has 0 radical (unpaired) electrons. The number of rotatable bonds is 10. The summed E-state index contributed by atoms with van der Waals surface area (Å²) in [6.07, 6.45) is 4.06. The summed E-state index contributed by atoms with van der Waals surface area (Å²) in [5, 5.41) is 11.4. The van der Waals surface area contributed by atoms with Crippen LogP contribution in [-0.4, -0.2) is 53.6 Å². The van der Waals surface area contributed by atoms with Crippen molar-refractivity contribution in [3.05, 3.63) is 28.5 Å². The summed E-state index contributed by atoms with van der Waals surface area (Å²) in [7, 11) is 4.02. The fourth-order valence-electron chi connectivity index (χ4n) is 2.42. The molecule has 0 saturated heterocycles. The van der Waals surface area contributed by atoms with Crippen molar-refractivity contribution in [2.24, 2.45) is 0 Å². The molecule has 6 nitrogen and oxygen atoms in total. The molecule has 0 aliphatic rings. The maximum atomic E-state index is 12.5. The van der Waals surface area contributed by atoms with Crippen LogP contribution in [0.4, 0.5) is 0 Å². The van der Waals surface area contributed by atoms with Gasteiger partial charge >= 0.3 is 5.97 Å². The van der Waals surface area contributed by atoms with Crippen LogP contribution >= 0.6 is 12.2 Å². The molecule has 1 atom stereocenters. The van der Waals surface area contributed by atoms with Gasteiger partial charge in [-0.2, -0.15) is 0 Å². The Labute approximate surface area is 148 Å². The summed E-state index contributed by atoms with van der Waals surface area (Å²) in [5.41, 5.74) is 1.04. The highest BCUT2D eigenvalue weighted by atomic mass is 32.1. The Morgan fingerprint density at radius 3 is 2.71 bits per heavy atom. The predicted molar refractivity (Wildman–Crippen MR) is 96.7 cm³/mol. The topological polar surface area (TPSA) is 74.6 Å². The molecule has 0 aliphatic heterocycles. The summed E-state index contributed by atoms with van der Waals surface area (Å²) < 4.78 is 2.51. The molecule has 24 heavy (non-hydrogen) atoms. The molecule has 0 saturated carbocycles. The number of likely N-dealkylation sites (N-methyl/N-ethyl adjacent to an activating group) is 1. The van der Waals surface area contributed by atoms with E-state index in [-0.39, 0.29) is 18.9 Å². The number of nitrogens with zero attached hydrogens (tertiary/aromatic N) is 2. The molecule has 0 aliphatic carbocycles. The number of pyridine rings is 1. The molecule has 0 aromatic carbocycles. The lowest BCUT2D eigenvalue weighted by Gasteiger charge is -2.21. The van der Waals surface area contributed by atoms with Gasteiger partial charge in [0, 0.05) is 19.3 Å². The minimum absolute atomic E-state index is 0.0845. The summed E-state index contributed by atoms with van der Waals surface area (Å²) in [6.45, 7) is 3.02. The number of carboxylic acid groups (broad SMARTS) is 1. The number of carbonyl (C=O) groups excluding carboxylic acids is 1. The van der Waals surface area contributed by atoms with Crippen molar-refractivity contribution in [1.29, 1.82) is 0 Å². The summed E-state index contributed by atoms with van der Waals surface area (Å²) >= 11 is 5.58. The normalized spacial score (nSPS) is 12.2. The molecule has 1 aromatic rings. The van der Waals surface area contributed by atoms with Gasteiger partial charge in [0.1, 0.15) is 10.7 Å². The van der Waals surface area contributed by atoms with Crippen molar-refractivity contribution >= 4 is 24.1 Å². The number of nitrogens with one attached hydrogen (secondary N) is 1. The molecule has 134 valence electrons. The Morgan fingerprint density at radius 1 is 1.42 bits per heavy atom. The van der Waals surface area contributed by atoms with Gasteiger partial charge < -0.3 is 19.9 Å². The third-order valence-electron chi connectivity index (χ3n) is 3.72. The van der Waals surface area contributed by atoms with E-state index < -0.39 is 12.0 Å². The van der Waals surface area contributed by atoms with E-state index in [9.17, 15) is 9.59 Å². The minimum atomic E-state index is -0.926. The van der Waals surface area contributed by atoms with Gasteiger partial charge in [-0.25, -0.2) is 0 Å². The molecule has 7 heteroatoms. The van der Waals surface area contributed by atoms with E-state index in [2.05, 4.69) is 10.2 Å². The number of carboxylic acids is 1. The number of amides is 1. The van der Waals surface area contributed by atoms with Gasteiger partial charge in [0.25, 0.3) is 0 Å². The van der Waals surface area contributed by atoms with Crippen LogP contribution in [0.25, 0.3) is 0 Å². The summed E-state index contributed by atoms with van der Waals surface area (Å²) in [4.78, 5) is 25.2. The fraction of sp³-hybridized carbons (Fsp3) is 0.588. The van der Waals surface area contributed by atoms with Crippen LogP contribution in [0.5, 0.6) is 0 Å².